The van der Waals surface area contributed by atoms with Crippen LogP contribution < -0.4 is 10.1 Å². The van der Waals surface area contributed by atoms with Crippen LogP contribution in [-0.2, 0) is 9.53 Å². The van der Waals surface area contributed by atoms with E-state index in [2.05, 4.69) is 5.32 Å². The first kappa shape index (κ1) is 16.2. The van der Waals surface area contributed by atoms with E-state index in [4.69, 9.17) is 20.0 Å². The number of nitriles is 2. The van der Waals surface area contributed by atoms with E-state index < -0.39 is 5.91 Å². The lowest BCUT2D eigenvalue weighted by Crippen LogP contribution is -2.27. The van der Waals surface area contributed by atoms with Crippen LogP contribution in [0.4, 0.5) is 0 Å². The number of amides is 1. The van der Waals surface area contributed by atoms with Crippen molar-refractivity contribution in [3.63, 3.8) is 0 Å². The van der Waals surface area contributed by atoms with E-state index in [9.17, 15) is 4.79 Å². The van der Waals surface area contributed by atoms with Crippen LogP contribution >= 0.6 is 0 Å². The molecule has 108 valence electrons. The second kappa shape index (κ2) is 9.13. The standard InChI is InChI=1S/C15H15N3O3/c1-20-9-7-18-15(19)13(11-17)10-12-4-2-3-5-14(12)21-8-6-16/h2-5,10H,7-9H2,1H3,(H,18,19)/b13-10+. The summed E-state index contributed by atoms with van der Waals surface area (Å²) in [6.45, 7) is 0.583. The molecule has 0 unspecified atom stereocenters. The molecule has 0 bridgehead atoms. The topological polar surface area (TPSA) is 95.1 Å². The minimum Gasteiger partial charge on any atom is -0.478 e. The van der Waals surface area contributed by atoms with Crippen molar-refractivity contribution in [2.24, 2.45) is 0 Å². The van der Waals surface area contributed by atoms with E-state index in [1.807, 2.05) is 12.1 Å². The van der Waals surface area contributed by atoms with Gasteiger partial charge in [0.1, 0.15) is 23.5 Å². The van der Waals surface area contributed by atoms with Gasteiger partial charge in [0, 0.05) is 19.2 Å². The van der Waals surface area contributed by atoms with Crippen LogP contribution in [0, 0.1) is 22.7 Å². The number of para-hydroxylation sites is 1. The van der Waals surface area contributed by atoms with Gasteiger partial charge in [-0.15, -0.1) is 0 Å². The molecule has 0 aliphatic heterocycles. The monoisotopic (exact) mass is 285 g/mol. The molecule has 0 aliphatic carbocycles. The molecule has 0 aromatic heterocycles. The van der Waals surface area contributed by atoms with Crippen molar-refractivity contribution in [2.45, 2.75) is 0 Å². The average molecular weight is 285 g/mol. The summed E-state index contributed by atoms with van der Waals surface area (Å²) < 4.78 is 10.1. The van der Waals surface area contributed by atoms with Crippen molar-refractivity contribution in [3.05, 3.63) is 35.4 Å². The fraction of sp³-hybridized carbons (Fsp3) is 0.267. The van der Waals surface area contributed by atoms with Gasteiger partial charge >= 0.3 is 0 Å². The number of rotatable bonds is 7. The molecule has 0 saturated heterocycles. The van der Waals surface area contributed by atoms with Gasteiger partial charge in [0.25, 0.3) is 5.91 Å². The molecule has 1 amide bonds. The molecule has 6 nitrogen and oxygen atoms in total. The fourth-order valence-corrected chi connectivity index (χ4v) is 1.51. The molecule has 0 fully saturated rings. The quantitative estimate of drug-likeness (QED) is 0.462. The minimum absolute atomic E-state index is 0.0425. The number of methoxy groups -OCH3 is 1. The van der Waals surface area contributed by atoms with Crippen LogP contribution in [0.15, 0.2) is 29.8 Å². The Hall–Kier alpha value is -2.83. The van der Waals surface area contributed by atoms with Gasteiger partial charge in [-0.1, -0.05) is 18.2 Å². The van der Waals surface area contributed by atoms with Gasteiger partial charge in [-0.05, 0) is 12.1 Å². The largest absolute Gasteiger partial charge is 0.478 e. The van der Waals surface area contributed by atoms with E-state index in [-0.39, 0.29) is 12.2 Å². The summed E-state index contributed by atoms with van der Waals surface area (Å²) in [5, 5.41) is 20.2. The molecule has 1 N–H and O–H groups in total. The van der Waals surface area contributed by atoms with Gasteiger partial charge in [-0.25, -0.2) is 0 Å². The van der Waals surface area contributed by atoms with Crippen molar-refractivity contribution in [3.8, 4) is 17.9 Å². The minimum atomic E-state index is -0.482. The lowest BCUT2D eigenvalue weighted by atomic mass is 10.1. The molecule has 0 aliphatic rings. The van der Waals surface area contributed by atoms with E-state index in [1.54, 1.807) is 24.3 Å². The number of benzene rings is 1. The Morgan fingerprint density at radius 3 is 2.81 bits per heavy atom. The number of ether oxygens (including phenoxy) is 2. The molecule has 6 heteroatoms. The molecule has 1 aromatic carbocycles. The molecule has 1 rings (SSSR count). The fourth-order valence-electron chi connectivity index (χ4n) is 1.51. The van der Waals surface area contributed by atoms with Crippen LogP contribution in [0.25, 0.3) is 6.08 Å². The second-order valence-corrected chi connectivity index (χ2v) is 3.90. The molecule has 0 atom stereocenters. The molecule has 0 saturated carbocycles. The third-order valence-corrected chi connectivity index (χ3v) is 2.47. The van der Waals surface area contributed by atoms with Crippen LogP contribution in [0.3, 0.4) is 0 Å². The van der Waals surface area contributed by atoms with Gasteiger partial charge in [0.05, 0.1) is 6.61 Å². The van der Waals surface area contributed by atoms with Crippen molar-refractivity contribution in [1.82, 2.24) is 5.32 Å². The van der Waals surface area contributed by atoms with E-state index in [1.165, 1.54) is 13.2 Å². The maximum Gasteiger partial charge on any atom is 0.262 e. The predicted octanol–water partition coefficient (Wildman–Crippen LogP) is 1.26. The Kier molecular flexibility index (Phi) is 7.06. The van der Waals surface area contributed by atoms with Gasteiger partial charge < -0.3 is 14.8 Å². The highest BCUT2D eigenvalue weighted by Crippen LogP contribution is 2.20. The molecule has 21 heavy (non-hydrogen) atoms. The number of nitrogens with zero attached hydrogens (tertiary/aromatic N) is 2. The Morgan fingerprint density at radius 2 is 2.14 bits per heavy atom. The smallest absolute Gasteiger partial charge is 0.262 e. The van der Waals surface area contributed by atoms with Gasteiger partial charge in [-0.3, -0.25) is 4.79 Å². The summed E-state index contributed by atoms with van der Waals surface area (Å²) >= 11 is 0. The van der Waals surface area contributed by atoms with Crippen LogP contribution in [0.5, 0.6) is 5.75 Å². The molecule has 0 radical (unpaired) electrons. The normalized spacial score (nSPS) is 10.3. The van der Waals surface area contributed by atoms with E-state index in [0.717, 1.165) is 0 Å². The third kappa shape index (κ3) is 5.35. The first-order valence-electron chi connectivity index (χ1n) is 6.20. The van der Waals surface area contributed by atoms with Gasteiger partial charge in [-0.2, -0.15) is 10.5 Å². The SMILES string of the molecule is COCCNC(=O)/C(C#N)=C/c1ccccc1OCC#N. The zero-order chi connectivity index (χ0) is 15.5. The van der Waals surface area contributed by atoms with Gasteiger partial charge in [0.15, 0.2) is 6.61 Å². The molecule has 0 heterocycles. The zero-order valence-corrected chi connectivity index (χ0v) is 11.6. The van der Waals surface area contributed by atoms with Crippen molar-refractivity contribution >= 4 is 12.0 Å². The lowest BCUT2D eigenvalue weighted by Gasteiger charge is -2.07. The van der Waals surface area contributed by atoms with Crippen molar-refractivity contribution in [1.29, 1.82) is 10.5 Å². The Morgan fingerprint density at radius 1 is 1.38 bits per heavy atom. The number of nitrogens with one attached hydrogen (secondary N) is 1. The van der Waals surface area contributed by atoms with E-state index in [0.29, 0.717) is 24.5 Å². The van der Waals surface area contributed by atoms with Crippen LogP contribution in [-0.4, -0.2) is 32.8 Å². The van der Waals surface area contributed by atoms with Gasteiger partial charge in [0.2, 0.25) is 0 Å². The number of carbonyl (C=O) groups excluding carboxylic acids is 1. The number of hydrogen-bond donors (Lipinski definition) is 1. The number of hydrogen-bond acceptors (Lipinski definition) is 5. The highest BCUT2D eigenvalue weighted by atomic mass is 16.5. The summed E-state index contributed by atoms with van der Waals surface area (Å²) in [7, 11) is 1.52. The summed E-state index contributed by atoms with van der Waals surface area (Å²) in [6, 6.07) is 10.6. The Labute approximate surface area is 123 Å². The maximum absolute atomic E-state index is 11.8. The summed E-state index contributed by atoms with van der Waals surface area (Å²) in [4.78, 5) is 11.8. The van der Waals surface area contributed by atoms with Crippen LogP contribution in [0.2, 0.25) is 0 Å². The summed E-state index contributed by atoms with van der Waals surface area (Å²) in [5.74, 6) is -0.0406. The lowest BCUT2D eigenvalue weighted by molar-refractivity contribution is -0.117. The summed E-state index contributed by atoms with van der Waals surface area (Å²) in [6.07, 6.45) is 1.43. The first-order chi connectivity index (χ1) is 10.2. The predicted molar refractivity (Wildman–Crippen MR) is 76.0 cm³/mol. The van der Waals surface area contributed by atoms with Crippen molar-refractivity contribution in [2.75, 3.05) is 26.9 Å². The molecular formula is C15H15N3O3. The first-order valence-corrected chi connectivity index (χ1v) is 6.20. The third-order valence-electron chi connectivity index (χ3n) is 2.47. The summed E-state index contributed by atoms with van der Waals surface area (Å²) in [5.41, 5.74) is 0.519. The Bertz CT molecular complexity index is 597. The van der Waals surface area contributed by atoms with Crippen LogP contribution in [0.1, 0.15) is 5.56 Å². The molecule has 1 aromatic rings. The highest BCUT2D eigenvalue weighted by molar-refractivity contribution is 6.01. The average Bonchev–Trinajstić information content (AvgIpc) is 2.51. The number of carbonyl (C=O) groups is 1. The second-order valence-electron chi connectivity index (χ2n) is 3.90. The van der Waals surface area contributed by atoms with Crippen molar-refractivity contribution < 1.29 is 14.3 Å². The Balaban J connectivity index is 2.90. The van der Waals surface area contributed by atoms with E-state index >= 15 is 0 Å². The highest BCUT2D eigenvalue weighted by Gasteiger charge is 2.10. The zero-order valence-electron chi connectivity index (χ0n) is 11.6. The maximum atomic E-state index is 11.8. The molecular weight excluding hydrogens is 270 g/mol. The molecule has 0 spiro atoms.